The fraction of sp³-hybridized carbons (Fsp3) is 0. The predicted octanol–water partition coefficient (Wildman–Crippen LogP) is 4.05. The van der Waals surface area contributed by atoms with Crippen molar-refractivity contribution in [3.05, 3.63) is 50.5 Å². The van der Waals surface area contributed by atoms with Crippen molar-refractivity contribution in [2.75, 3.05) is 0 Å². The van der Waals surface area contributed by atoms with Crippen molar-refractivity contribution in [2.24, 2.45) is 0 Å². The first-order valence-electron chi connectivity index (χ1n) is 4.11. The van der Waals surface area contributed by atoms with Crippen LogP contribution in [0.3, 0.4) is 0 Å². The van der Waals surface area contributed by atoms with Gasteiger partial charge >= 0.3 is 0 Å². The van der Waals surface area contributed by atoms with E-state index in [1.807, 2.05) is 0 Å². The van der Waals surface area contributed by atoms with Gasteiger partial charge in [-0.1, -0.05) is 23.2 Å². The second kappa shape index (κ2) is 3.68. The van der Waals surface area contributed by atoms with Gasteiger partial charge < -0.3 is 0 Å². The van der Waals surface area contributed by atoms with Crippen LogP contribution in [-0.2, 0) is 0 Å². The number of nitro benzene ring substituents is 1. The van der Waals surface area contributed by atoms with Crippen molar-refractivity contribution >= 4 is 39.7 Å². The molecule has 0 bridgehead atoms. The summed E-state index contributed by atoms with van der Waals surface area (Å²) in [5, 5.41) is 12.9. The largest absolute Gasteiger partial charge is 0.270 e. The lowest BCUT2D eigenvalue weighted by molar-refractivity contribution is -0.384. The molecule has 0 N–H and O–H groups in total. The van der Waals surface area contributed by atoms with Crippen LogP contribution >= 0.6 is 23.2 Å². The Kier molecular flexibility index (Phi) is 2.50. The van der Waals surface area contributed by atoms with Crippen LogP contribution in [-0.4, -0.2) is 4.92 Å². The van der Waals surface area contributed by atoms with E-state index < -0.39 is 4.92 Å². The van der Waals surface area contributed by atoms with Crippen molar-refractivity contribution in [1.82, 2.24) is 0 Å². The van der Waals surface area contributed by atoms with Crippen LogP contribution in [0.5, 0.6) is 0 Å². The van der Waals surface area contributed by atoms with E-state index in [1.54, 1.807) is 18.2 Å². The van der Waals surface area contributed by atoms with Gasteiger partial charge in [0.1, 0.15) is 0 Å². The minimum absolute atomic E-state index is 0.0285. The Hall–Kier alpha value is -1.32. The SMILES string of the molecule is O=[N+]([O-])c1ccc2c(Cl)cc(Cl)cc2c1. The first-order valence-corrected chi connectivity index (χ1v) is 4.87. The first kappa shape index (κ1) is 10.2. The maximum atomic E-state index is 10.6. The third kappa shape index (κ3) is 1.89. The van der Waals surface area contributed by atoms with Crippen LogP contribution in [0.15, 0.2) is 30.3 Å². The number of fused-ring (bicyclic) bond motifs is 1. The van der Waals surface area contributed by atoms with E-state index in [9.17, 15) is 10.1 Å². The lowest BCUT2D eigenvalue weighted by atomic mass is 10.1. The van der Waals surface area contributed by atoms with E-state index in [4.69, 9.17) is 23.2 Å². The second-order valence-corrected chi connectivity index (χ2v) is 3.89. The van der Waals surface area contributed by atoms with Crippen LogP contribution in [0.2, 0.25) is 10.0 Å². The Labute approximate surface area is 95.4 Å². The average Bonchev–Trinajstić information content (AvgIpc) is 2.16. The average molecular weight is 242 g/mol. The summed E-state index contributed by atoms with van der Waals surface area (Å²) in [5.74, 6) is 0. The highest BCUT2D eigenvalue weighted by molar-refractivity contribution is 6.38. The molecule has 0 atom stereocenters. The molecule has 0 unspecified atom stereocenters. The first-order chi connectivity index (χ1) is 7.08. The molecule has 0 saturated carbocycles. The summed E-state index contributed by atoms with van der Waals surface area (Å²) in [6.45, 7) is 0. The number of nitrogens with zero attached hydrogens (tertiary/aromatic N) is 1. The number of rotatable bonds is 1. The van der Waals surface area contributed by atoms with Gasteiger partial charge in [-0.2, -0.15) is 0 Å². The molecule has 3 nitrogen and oxygen atoms in total. The topological polar surface area (TPSA) is 43.1 Å². The Bertz CT molecular complexity index is 554. The number of hydrogen-bond donors (Lipinski definition) is 0. The molecule has 15 heavy (non-hydrogen) atoms. The van der Waals surface area contributed by atoms with Gasteiger partial charge in [-0.25, -0.2) is 0 Å². The predicted molar refractivity (Wildman–Crippen MR) is 60.6 cm³/mol. The molecule has 2 aromatic carbocycles. The zero-order chi connectivity index (χ0) is 11.0. The Morgan fingerprint density at radius 2 is 1.87 bits per heavy atom. The highest BCUT2D eigenvalue weighted by Gasteiger charge is 2.08. The van der Waals surface area contributed by atoms with E-state index in [0.29, 0.717) is 15.4 Å². The lowest BCUT2D eigenvalue weighted by Crippen LogP contribution is -1.87. The van der Waals surface area contributed by atoms with E-state index in [0.717, 1.165) is 5.39 Å². The van der Waals surface area contributed by atoms with E-state index in [2.05, 4.69) is 0 Å². The highest BCUT2D eigenvalue weighted by Crippen LogP contribution is 2.30. The van der Waals surface area contributed by atoms with Crippen molar-refractivity contribution in [3.63, 3.8) is 0 Å². The van der Waals surface area contributed by atoms with E-state index >= 15 is 0 Å². The van der Waals surface area contributed by atoms with Crippen LogP contribution in [0, 0.1) is 10.1 Å². The van der Waals surface area contributed by atoms with Crippen LogP contribution in [0.25, 0.3) is 10.8 Å². The molecule has 5 heteroatoms. The van der Waals surface area contributed by atoms with Crippen molar-refractivity contribution in [2.45, 2.75) is 0 Å². The molecule has 2 aromatic rings. The van der Waals surface area contributed by atoms with Gasteiger partial charge in [-0.05, 0) is 23.6 Å². The molecule has 0 aliphatic heterocycles. The molecule has 0 saturated heterocycles. The maximum Gasteiger partial charge on any atom is 0.270 e. The van der Waals surface area contributed by atoms with Gasteiger partial charge in [0.15, 0.2) is 0 Å². The summed E-state index contributed by atoms with van der Waals surface area (Å²) in [6.07, 6.45) is 0. The minimum Gasteiger partial charge on any atom is -0.258 e. The summed E-state index contributed by atoms with van der Waals surface area (Å²) < 4.78 is 0. The van der Waals surface area contributed by atoms with Crippen molar-refractivity contribution < 1.29 is 4.92 Å². The molecule has 0 aromatic heterocycles. The van der Waals surface area contributed by atoms with Gasteiger partial charge in [-0.15, -0.1) is 0 Å². The van der Waals surface area contributed by atoms with Crippen molar-refractivity contribution in [3.8, 4) is 0 Å². The zero-order valence-corrected chi connectivity index (χ0v) is 8.92. The van der Waals surface area contributed by atoms with Gasteiger partial charge in [0, 0.05) is 27.6 Å². The minimum atomic E-state index is -0.450. The summed E-state index contributed by atoms with van der Waals surface area (Å²) >= 11 is 11.7. The van der Waals surface area contributed by atoms with E-state index in [1.165, 1.54) is 12.1 Å². The lowest BCUT2D eigenvalue weighted by Gasteiger charge is -2.01. The maximum absolute atomic E-state index is 10.6. The smallest absolute Gasteiger partial charge is 0.258 e. The van der Waals surface area contributed by atoms with Gasteiger partial charge in [0.05, 0.1) is 4.92 Å². The molecule has 0 amide bonds. The van der Waals surface area contributed by atoms with E-state index in [-0.39, 0.29) is 5.69 Å². The molecular weight excluding hydrogens is 237 g/mol. The number of hydrogen-bond acceptors (Lipinski definition) is 2. The Morgan fingerprint density at radius 3 is 2.53 bits per heavy atom. The molecule has 0 aliphatic rings. The number of non-ortho nitro benzene ring substituents is 1. The monoisotopic (exact) mass is 241 g/mol. The van der Waals surface area contributed by atoms with Gasteiger partial charge in [0.25, 0.3) is 5.69 Å². The fourth-order valence-corrected chi connectivity index (χ4v) is 1.96. The quantitative estimate of drug-likeness (QED) is 0.559. The third-order valence-electron chi connectivity index (χ3n) is 2.06. The summed E-state index contributed by atoms with van der Waals surface area (Å²) in [4.78, 5) is 10.1. The molecule has 2 rings (SSSR count). The van der Waals surface area contributed by atoms with Gasteiger partial charge in [0.2, 0.25) is 0 Å². The number of benzene rings is 2. The number of halogens is 2. The summed E-state index contributed by atoms with van der Waals surface area (Å²) in [6, 6.07) is 7.74. The normalized spacial score (nSPS) is 10.5. The van der Waals surface area contributed by atoms with Crippen LogP contribution in [0.1, 0.15) is 0 Å². The Balaban J connectivity index is 2.76. The zero-order valence-electron chi connectivity index (χ0n) is 7.41. The van der Waals surface area contributed by atoms with Crippen LogP contribution in [0.4, 0.5) is 5.69 Å². The highest BCUT2D eigenvalue weighted by atomic mass is 35.5. The third-order valence-corrected chi connectivity index (χ3v) is 2.59. The Morgan fingerprint density at radius 1 is 1.13 bits per heavy atom. The second-order valence-electron chi connectivity index (χ2n) is 3.05. The van der Waals surface area contributed by atoms with Crippen LogP contribution < -0.4 is 0 Å². The molecular formula is C10H5Cl2NO2. The fourth-order valence-electron chi connectivity index (χ4n) is 1.39. The molecule has 0 radical (unpaired) electrons. The molecule has 0 heterocycles. The van der Waals surface area contributed by atoms with Gasteiger partial charge in [-0.3, -0.25) is 10.1 Å². The standard InChI is InChI=1S/C10H5Cl2NO2/c11-7-3-6-4-8(13(14)15)1-2-9(6)10(12)5-7/h1-5H. The summed E-state index contributed by atoms with van der Waals surface area (Å²) in [5.41, 5.74) is 0.0285. The molecule has 0 aliphatic carbocycles. The summed E-state index contributed by atoms with van der Waals surface area (Å²) in [7, 11) is 0. The molecule has 0 fully saturated rings. The molecule has 0 spiro atoms. The number of nitro groups is 1. The molecule has 76 valence electrons. The van der Waals surface area contributed by atoms with Crippen molar-refractivity contribution in [1.29, 1.82) is 0 Å².